The summed E-state index contributed by atoms with van der Waals surface area (Å²) in [4.78, 5) is 0. The average Bonchev–Trinajstić information content (AvgIpc) is 3.29. The number of hydrogen-bond acceptors (Lipinski definition) is 3. The van der Waals surface area contributed by atoms with E-state index in [2.05, 4.69) is 15.3 Å². The van der Waals surface area contributed by atoms with Crippen molar-refractivity contribution in [1.29, 1.82) is 0 Å². The fourth-order valence-corrected chi connectivity index (χ4v) is 2.68. The summed E-state index contributed by atoms with van der Waals surface area (Å²) in [6.07, 6.45) is -9.37. The largest absolute Gasteiger partial charge is 0.497 e. The molecule has 0 atom stereocenters. The molecule has 155 valence electrons. The van der Waals surface area contributed by atoms with E-state index >= 15 is 0 Å². The summed E-state index contributed by atoms with van der Waals surface area (Å²) in [6.45, 7) is 1.38. The van der Waals surface area contributed by atoms with Gasteiger partial charge < -0.3 is 4.74 Å². The van der Waals surface area contributed by atoms with Gasteiger partial charge in [-0.3, -0.25) is 9.78 Å². The van der Waals surface area contributed by atoms with Crippen LogP contribution in [0.3, 0.4) is 0 Å². The van der Waals surface area contributed by atoms with Crippen molar-refractivity contribution in [2.24, 2.45) is 0 Å². The number of aromatic amines is 1. The molecule has 3 rings (SSSR count). The van der Waals surface area contributed by atoms with E-state index < -0.39 is 23.7 Å². The molecule has 29 heavy (non-hydrogen) atoms. The molecule has 1 N–H and O–H groups in total. The van der Waals surface area contributed by atoms with Gasteiger partial charge in [0, 0.05) is 5.69 Å². The fourth-order valence-electron chi connectivity index (χ4n) is 2.68. The Kier molecular flexibility index (Phi) is 5.33. The summed E-state index contributed by atoms with van der Waals surface area (Å²) in [5.41, 5.74) is -1.70. The zero-order valence-corrected chi connectivity index (χ0v) is 15.2. The molecule has 0 bridgehead atoms. The van der Waals surface area contributed by atoms with E-state index in [0.717, 1.165) is 16.8 Å². The first-order valence-corrected chi connectivity index (χ1v) is 8.24. The molecule has 0 aliphatic carbocycles. The van der Waals surface area contributed by atoms with Gasteiger partial charge in [0.25, 0.3) is 0 Å². The number of benzene rings is 1. The van der Waals surface area contributed by atoms with Crippen molar-refractivity contribution in [3.63, 3.8) is 0 Å². The highest BCUT2D eigenvalue weighted by molar-refractivity contribution is 5.40. The van der Waals surface area contributed by atoms with Gasteiger partial charge in [0.15, 0.2) is 11.4 Å². The van der Waals surface area contributed by atoms with E-state index in [1.807, 2.05) is 0 Å². The minimum atomic E-state index is -4.70. The van der Waals surface area contributed by atoms with Crippen molar-refractivity contribution in [2.45, 2.75) is 25.8 Å². The summed E-state index contributed by atoms with van der Waals surface area (Å²) in [6, 6.07) is 8.14. The van der Waals surface area contributed by atoms with Gasteiger partial charge in [-0.1, -0.05) is 12.1 Å². The fraction of sp³-hybridized carbons (Fsp3) is 0.278. The van der Waals surface area contributed by atoms with Gasteiger partial charge in [-0.25, -0.2) is 0 Å². The molecule has 0 saturated heterocycles. The zero-order chi connectivity index (χ0) is 21.4. The Morgan fingerprint density at radius 3 is 2.14 bits per heavy atom. The minimum Gasteiger partial charge on any atom is -0.497 e. The third kappa shape index (κ3) is 4.54. The van der Waals surface area contributed by atoms with Crippen molar-refractivity contribution in [3.05, 3.63) is 70.7 Å². The lowest BCUT2D eigenvalue weighted by Crippen LogP contribution is -2.11. The molecule has 11 heteroatoms. The standard InChI is InChI=1S/C18H15F6N4O/c1-10(13-7-15(26-25-13)17(19,20)21)14-8-16(18(22,23)24)27-28(14)9-11-3-5-12(29-2)6-4-11/h3-8H,9H2,1-2H3,(H,25,26). The monoisotopic (exact) mass is 417 g/mol. The van der Waals surface area contributed by atoms with Gasteiger partial charge in [-0.2, -0.15) is 36.5 Å². The van der Waals surface area contributed by atoms with Crippen molar-refractivity contribution in [3.8, 4) is 5.75 Å². The number of rotatable bonds is 5. The van der Waals surface area contributed by atoms with Crippen LogP contribution in [0.25, 0.3) is 0 Å². The lowest BCUT2D eigenvalue weighted by Gasteiger charge is -2.12. The highest BCUT2D eigenvalue weighted by atomic mass is 19.4. The predicted molar refractivity (Wildman–Crippen MR) is 90.0 cm³/mol. The van der Waals surface area contributed by atoms with Crippen LogP contribution in [0.2, 0.25) is 0 Å². The average molecular weight is 417 g/mol. The molecule has 0 fully saturated rings. The van der Waals surface area contributed by atoms with Gasteiger partial charge in [-0.15, -0.1) is 0 Å². The topological polar surface area (TPSA) is 55.7 Å². The van der Waals surface area contributed by atoms with Crippen molar-refractivity contribution < 1.29 is 31.1 Å². The van der Waals surface area contributed by atoms with Crippen molar-refractivity contribution >= 4 is 0 Å². The molecule has 0 amide bonds. The molecule has 1 radical (unpaired) electrons. The Morgan fingerprint density at radius 1 is 1.00 bits per heavy atom. The lowest BCUT2D eigenvalue weighted by atomic mass is 10.0. The molecule has 0 aliphatic heterocycles. The maximum absolute atomic E-state index is 13.2. The van der Waals surface area contributed by atoms with E-state index in [1.54, 1.807) is 24.3 Å². The van der Waals surface area contributed by atoms with Crippen LogP contribution in [0.1, 0.15) is 35.3 Å². The third-order valence-electron chi connectivity index (χ3n) is 4.22. The number of methoxy groups -OCH3 is 1. The van der Waals surface area contributed by atoms with Crippen LogP contribution in [-0.2, 0) is 18.9 Å². The molecule has 0 unspecified atom stereocenters. The van der Waals surface area contributed by atoms with E-state index in [1.165, 1.54) is 14.0 Å². The van der Waals surface area contributed by atoms with Crippen LogP contribution in [0.15, 0.2) is 36.4 Å². The summed E-state index contributed by atoms with van der Waals surface area (Å²) < 4.78 is 84.0. The van der Waals surface area contributed by atoms with E-state index in [-0.39, 0.29) is 23.9 Å². The number of nitrogens with one attached hydrogen (secondary N) is 1. The molecular formula is C18H15F6N4O. The molecule has 2 heterocycles. The lowest BCUT2D eigenvalue weighted by molar-refractivity contribution is -0.142. The Bertz CT molecular complexity index is 972. The molecule has 0 saturated carbocycles. The number of ether oxygens (including phenoxy) is 1. The van der Waals surface area contributed by atoms with E-state index in [4.69, 9.17) is 4.74 Å². The van der Waals surface area contributed by atoms with Gasteiger partial charge in [0.05, 0.1) is 25.3 Å². The Balaban J connectivity index is 1.97. The zero-order valence-electron chi connectivity index (χ0n) is 15.2. The second-order valence-corrected chi connectivity index (χ2v) is 6.21. The summed E-state index contributed by atoms with van der Waals surface area (Å²) in [5.74, 6) is 0.717. The first-order chi connectivity index (χ1) is 13.5. The molecule has 2 aromatic heterocycles. The summed E-state index contributed by atoms with van der Waals surface area (Å²) in [7, 11) is 1.48. The van der Waals surface area contributed by atoms with Crippen LogP contribution in [0.5, 0.6) is 5.75 Å². The Hall–Kier alpha value is -2.98. The maximum Gasteiger partial charge on any atom is 0.435 e. The number of aromatic nitrogens is 4. The third-order valence-corrected chi connectivity index (χ3v) is 4.22. The molecule has 5 nitrogen and oxygen atoms in total. The molecule has 3 aromatic rings. The minimum absolute atomic E-state index is 0.0190. The van der Waals surface area contributed by atoms with Gasteiger partial charge in [-0.05, 0) is 36.8 Å². The van der Waals surface area contributed by atoms with Crippen LogP contribution < -0.4 is 4.74 Å². The van der Waals surface area contributed by atoms with Crippen LogP contribution in [0.4, 0.5) is 26.3 Å². The number of H-pyrrole nitrogens is 1. The predicted octanol–water partition coefficient (Wildman–Crippen LogP) is 4.69. The maximum atomic E-state index is 13.2. The quantitative estimate of drug-likeness (QED) is 0.613. The molecular weight excluding hydrogens is 402 g/mol. The van der Waals surface area contributed by atoms with Crippen molar-refractivity contribution in [1.82, 2.24) is 20.0 Å². The van der Waals surface area contributed by atoms with E-state index in [0.29, 0.717) is 11.3 Å². The van der Waals surface area contributed by atoms with Crippen LogP contribution in [-0.4, -0.2) is 27.1 Å². The van der Waals surface area contributed by atoms with Gasteiger partial charge >= 0.3 is 12.4 Å². The second-order valence-electron chi connectivity index (χ2n) is 6.21. The summed E-state index contributed by atoms with van der Waals surface area (Å²) in [5, 5.41) is 9.01. The first kappa shape index (κ1) is 20.7. The number of halogens is 6. The number of alkyl halides is 6. The Morgan fingerprint density at radius 2 is 1.62 bits per heavy atom. The van der Waals surface area contributed by atoms with Gasteiger partial charge in [0.2, 0.25) is 0 Å². The highest BCUT2D eigenvalue weighted by Crippen LogP contribution is 2.34. The highest BCUT2D eigenvalue weighted by Gasteiger charge is 2.37. The second kappa shape index (κ2) is 7.45. The molecule has 0 spiro atoms. The number of nitrogens with zero attached hydrogens (tertiary/aromatic N) is 3. The normalized spacial score (nSPS) is 12.6. The number of hydrogen-bond donors (Lipinski definition) is 1. The SMILES string of the molecule is COc1ccc(Cn2nc(C(F)(F)F)cc2[C](C)c2cc(C(F)(F)F)n[nH]2)cc1. The molecule has 1 aromatic carbocycles. The first-order valence-electron chi connectivity index (χ1n) is 8.24. The summed E-state index contributed by atoms with van der Waals surface area (Å²) >= 11 is 0. The smallest absolute Gasteiger partial charge is 0.435 e. The van der Waals surface area contributed by atoms with Crippen LogP contribution in [0, 0.1) is 5.92 Å². The van der Waals surface area contributed by atoms with Crippen molar-refractivity contribution in [2.75, 3.05) is 7.11 Å². The van der Waals surface area contributed by atoms with Crippen LogP contribution >= 0.6 is 0 Å². The molecule has 0 aliphatic rings. The van der Waals surface area contributed by atoms with Gasteiger partial charge in [0.1, 0.15) is 5.75 Å². The van der Waals surface area contributed by atoms with E-state index in [9.17, 15) is 26.3 Å². The Labute approximate surface area is 161 Å².